The van der Waals surface area contributed by atoms with Gasteiger partial charge in [-0.3, -0.25) is 9.69 Å². The molecule has 1 N–H and O–H groups in total. The molecular formula is C15H28N2O2. The number of aliphatic hydroxyl groups is 1. The highest BCUT2D eigenvalue weighted by Gasteiger charge is 2.29. The minimum absolute atomic E-state index is 0.135. The molecule has 1 aliphatic rings. The third-order valence-corrected chi connectivity index (χ3v) is 3.92. The summed E-state index contributed by atoms with van der Waals surface area (Å²) in [7, 11) is 0. The number of carbonyl (C=O) groups excluding carboxylic acids is 1. The molecule has 1 fully saturated rings. The van der Waals surface area contributed by atoms with Crippen molar-refractivity contribution in [2.45, 2.75) is 52.1 Å². The number of piperidine rings is 1. The van der Waals surface area contributed by atoms with Crippen LogP contribution < -0.4 is 0 Å². The lowest BCUT2D eigenvalue weighted by Crippen LogP contribution is -2.52. The zero-order chi connectivity index (χ0) is 14.4. The molecule has 0 spiro atoms. The minimum Gasteiger partial charge on any atom is -0.395 e. The van der Waals surface area contributed by atoms with Crippen LogP contribution in [0.2, 0.25) is 0 Å². The fraction of sp³-hybridized carbons (Fsp3) is 0.800. The lowest BCUT2D eigenvalue weighted by atomic mass is 9.97. The maximum Gasteiger partial charge on any atom is 0.237 e. The van der Waals surface area contributed by atoms with Gasteiger partial charge in [-0.15, -0.1) is 0 Å². The van der Waals surface area contributed by atoms with Crippen LogP contribution in [0.25, 0.3) is 0 Å². The number of hydrogen-bond donors (Lipinski definition) is 1. The van der Waals surface area contributed by atoms with E-state index >= 15 is 0 Å². The summed E-state index contributed by atoms with van der Waals surface area (Å²) in [6.07, 6.45) is 3.23. The Bertz CT molecular complexity index is 317. The molecule has 1 aliphatic heterocycles. The third-order valence-electron chi connectivity index (χ3n) is 3.92. The number of likely N-dealkylation sites (tertiary alicyclic amines) is 1. The molecular weight excluding hydrogens is 240 g/mol. The van der Waals surface area contributed by atoms with E-state index < -0.39 is 0 Å². The maximum atomic E-state index is 12.3. The van der Waals surface area contributed by atoms with Crippen molar-refractivity contribution in [3.8, 4) is 0 Å². The number of hydrogen-bond acceptors (Lipinski definition) is 3. The van der Waals surface area contributed by atoms with Gasteiger partial charge in [0.2, 0.25) is 5.91 Å². The Labute approximate surface area is 117 Å². The summed E-state index contributed by atoms with van der Waals surface area (Å²) in [6, 6.07) is 0.509. The van der Waals surface area contributed by atoms with Crippen LogP contribution in [-0.2, 0) is 4.79 Å². The second-order valence-electron chi connectivity index (χ2n) is 5.65. The number of aliphatic hydroxyl groups excluding tert-OH is 1. The van der Waals surface area contributed by atoms with Crippen LogP contribution in [0, 0.1) is 0 Å². The molecule has 2 atom stereocenters. The van der Waals surface area contributed by atoms with Crippen LogP contribution in [0.3, 0.4) is 0 Å². The molecule has 0 aromatic carbocycles. The average molecular weight is 268 g/mol. The molecule has 1 saturated heterocycles. The quantitative estimate of drug-likeness (QED) is 0.745. The van der Waals surface area contributed by atoms with Crippen molar-refractivity contribution in [2.75, 3.05) is 26.2 Å². The van der Waals surface area contributed by atoms with Gasteiger partial charge in [0.25, 0.3) is 0 Å². The van der Waals surface area contributed by atoms with Crippen molar-refractivity contribution in [1.29, 1.82) is 0 Å². The lowest BCUT2D eigenvalue weighted by molar-refractivity contribution is -0.134. The highest BCUT2D eigenvalue weighted by atomic mass is 16.3. The zero-order valence-electron chi connectivity index (χ0n) is 12.6. The first-order valence-electron chi connectivity index (χ1n) is 7.28. The van der Waals surface area contributed by atoms with E-state index in [2.05, 4.69) is 18.4 Å². The SMILES string of the molecule is C=C(C)CN(CC)C(=O)CN1C(C)CCCC1CO. The molecule has 0 aromatic rings. The Balaban J connectivity index is 2.63. The van der Waals surface area contributed by atoms with E-state index in [1.807, 2.05) is 18.7 Å². The van der Waals surface area contributed by atoms with E-state index in [1.54, 1.807) is 0 Å². The highest BCUT2D eigenvalue weighted by Crippen LogP contribution is 2.22. The first-order chi connectivity index (χ1) is 8.99. The first-order valence-corrected chi connectivity index (χ1v) is 7.28. The van der Waals surface area contributed by atoms with Crippen LogP contribution >= 0.6 is 0 Å². The number of rotatable bonds is 6. The van der Waals surface area contributed by atoms with Gasteiger partial charge in [-0.2, -0.15) is 0 Å². The Kier molecular flexibility index (Phi) is 6.52. The second kappa shape index (κ2) is 7.65. The number of amides is 1. The van der Waals surface area contributed by atoms with Crippen molar-refractivity contribution in [2.24, 2.45) is 0 Å². The fourth-order valence-electron chi connectivity index (χ4n) is 2.78. The third kappa shape index (κ3) is 4.62. The topological polar surface area (TPSA) is 43.8 Å². The van der Waals surface area contributed by atoms with E-state index in [9.17, 15) is 9.90 Å². The van der Waals surface area contributed by atoms with Gasteiger partial charge in [-0.25, -0.2) is 0 Å². The fourth-order valence-corrected chi connectivity index (χ4v) is 2.78. The second-order valence-corrected chi connectivity index (χ2v) is 5.65. The van der Waals surface area contributed by atoms with Crippen LogP contribution in [-0.4, -0.2) is 59.1 Å². The molecule has 1 heterocycles. The van der Waals surface area contributed by atoms with Crippen LogP contribution in [0.15, 0.2) is 12.2 Å². The van der Waals surface area contributed by atoms with Gasteiger partial charge >= 0.3 is 0 Å². The predicted octanol–water partition coefficient (Wildman–Crippen LogP) is 1.65. The Hall–Kier alpha value is -0.870. The van der Waals surface area contributed by atoms with Gasteiger partial charge in [0.15, 0.2) is 0 Å². The number of carbonyl (C=O) groups is 1. The van der Waals surface area contributed by atoms with E-state index in [-0.39, 0.29) is 18.6 Å². The summed E-state index contributed by atoms with van der Waals surface area (Å²) < 4.78 is 0. The predicted molar refractivity (Wildman–Crippen MR) is 78.0 cm³/mol. The molecule has 4 heteroatoms. The Morgan fingerprint density at radius 2 is 2.16 bits per heavy atom. The number of likely N-dealkylation sites (N-methyl/N-ethyl adjacent to an activating group) is 1. The van der Waals surface area contributed by atoms with Crippen LogP contribution in [0.1, 0.15) is 40.0 Å². The summed E-state index contributed by atoms with van der Waals surface area (Å²) in [5.41, 5.74) is 1.00. The van der Waals surface area contributed by atoms with Crippen molar-refractivity contribution in [3.05, 3.63) is 12.2 Å². The molecule has 0 saturated carbocycles. The zero-order valence-corrected chi connectivity index (χ0v) is 12.6. The Morgan fingerprint density at radius 1 is 1.47 bits per heavy atom. The van der Waals surface area contributed by atoms with E-state index in [1.165, 1.54) is 0 Å². The van der Waals surface area contributed by atoms with E-state index in [0.29, 0.717) is 25.7 Å². The largest absolute Gasteiger partial charge is 0.395 e. The van der Waals surface area contributed by atoms with Gasteiger partial charge in [0.1, 0.15) is 0 Å². The van der Waals surface area contributed by atoms with Crippen molar-refractivity contribution in [1.82, 2.24) is 9.80 Å². The van der Waals surface area contributed by atoms with Gasteiger partial charge in [-0.05, 0) is 33.6 Å². The van der Waals surface area contributed by atoms with Crippen molar-refractivity contribution < 1.29 is 9.90 Å². The summed E-state index contributed by atoms with van der Waals surface area (Å²) >= 11 is 0. The molecule has 0 aromatic heterocycles. The molecule has 0 bridgehead atoms. The highest BCUT2D eigenvalue weighted by molar-refractivity contribution is 5.78. The van der Waals surface area contributed by atoms with Gasteiger partial charge < -0.3 is 10.0 Å². The smallest absolute Gasteiger partial charge is 0.237 e. The van der Waals surface area contributed by atoms with Gasteiger partial charge in [0, 0.05) is 25.2 Å². The van der Waals surface area contributed by atoms with Crippen LogP contribution in [0.5, 0.6) is 0 Å². The summed E-state index contributed by atoms with van der Waals surface area (Å²) in [4.78, 5) is 16.3. The molecule has 1 rings (SSSR count). The lowest BCUT2D eigenvalue weighted by Gasteiger charge is -2.40. The summed E-state index contributed by atoms with van der Waals surface area (Å²) in [5.74, 6) is 0.137. The monoisotopic (exact) mass is 268 g/mol. The van der Waals surface area contributed by atoms with Crippen LogP contribution in [0.4, 0.5) is 0 Å². The van der Waals surface area contributed by atoms with E-state index in [4.69, 9.17) is 0 Å². The molecule has 19 heavy (non-hydrogen) atoms. The van der Waals surface area contributed by atoms with Crippen molar-refractivity contribution in [3.63, 3.8) is 0 Å². The molecule has 1 amide bonds. The van der Waals surface area contributed by atoms with Crippen molar-refractivity contribution >= 4 is 5.91 Å². The van der Waals surface area contributed by atoms with E-state index in [0.717, 1.165) is 24.8 Å². The summed E-state index contributed by atoms with van der Waals surface area (Å²) in [5, 5.41) is 9.45. The standard InChI is InChI=1S/C15H28N2O2/c1-5-16(9-12(2)3)15(19)10-17-13(4)7-6-8-14(17)11-18/h13-14,18H,2,5-11H2,1,3-4H3. The molecule has 0 aliphatic carbocycles. The van der Waals surface area contributed by atoms with Gasteiger partial charge in [0.05, 0.1) is 13.2 Å². The maximum absolute atomic E-state index is 12.3. The minimum atomic E-state index is 0.135. The first kappa shape index (κ1) is 16.2. The molecule has 2 unspecified atom stereocenters. The molecule has 0 radical (unpaired) electrons. The number of nitrogens with zero attached hydrogens (tertiary/aromatic N) is 2. The Morgan fingerprint density at radius 3 is 2.68 bits per heavy atom. The average Bonchev–Trinajstić information content (AvgIpc) is 2.37. The molecule has 4 nitrogen and oxygen atoms in total. The molecule has 110 valence electrons. The van der Waals surface area contributed by atoms with Gasteiger partial charge in [-0.1, -0.05) is 18.6 Å². The summed E-state index contributed by atoms with van der Waals surface area (Å²) in [6.45, 7) is 11.8. The normalized spacial score (nSPS) is 24.2.